The first-order valence-corrected chi connectivity index (χ1v) is 8.42. The van der Waals surface area contributed by atoms with Crippen LogP contribution in [0.2, 0.25) is 6.04 Å². The molecule has 126 valence electrons. The topological polar surface area (TPSA) is 27.7 Å². The third kappa shape index (κ3) is 3.83. The van der Waals surface area contributed by atoms with Gasteiger partial charge in [-0.1, -0.05) is 0 Å². The SMILES string of the molecule is CO[Si](CCCCc1c(F)c(F)c(F)c(F)c1F)(OC)OC. The second-order valence-electron chi connectivity index (χ2n) is 4.55. The molecule has 0 aliphatic rings. The Morgan fingerprint density at radius 2 is 1.09 bits per heavy atom. The van der Waals surface area contributed by atoms with Crippen molar-refractivity contribution in [2.24, 2.45) is 0 Å². The molecule has 0 amide bonds. The van der Waals surface area contributed by atoms with Gasteiger partial charge in [-0.3, -0.25) is 0 Å². The smallest absolute Gasteiger partial charge is 0.377 e. The van der Waals surface area contributed by atoms with Crippen LogP contribution in [0.3, 0.4) is 0 Å². The van der Waals surface area contributed by atoms with E-state index in [9.17, 15) is 22.0 Å². The van der Waals surface area contributed by atoms with Crippen LogP contribution >= 0.6 is 0 Å². The summed E-state index contributed by atoms with van der Waals surface area (Å²) in [7, 11) is 1.45. The van der Waals surface area contributed by atoms with E-state index >= 15 is 0 Å². The summed E-state index contributed by atoms with van der Waals surface area (Å²) in [5, 5.41) is 0. The molecule has 0 unspecified atom stereocenters. The molecule has 0 bridgehead atoms. The lowest BCUT2D eigenvalue weighted by Crippen LogP contribution is -2.42. The first-order valence-electron chi connectivity index (χ1n) is 6.49. The monoisotopic (exact) mass is 344 g/mol. The van der Waals surface area contributed by atoms with E-state index in [0.29, 0.717) is 12.5 Å². The van der Waals surface area contributed by atoms with Crippen LogP contribution in [0, 0.1) is 29.1 Å². The summed E-state index contributed by atoms with van der Waals surface area (Å²) in [4.78, 5) is 0. The molecule has 22 heavy (non-hydrogen) atoms. The maximum Gasteiger partial charge on any atom is 0.500 e. The van der Waals surface area contributed by atoms with Crippen molar-refractivity contribution in [2.75, 3.05) is 21.3 Å². The Morgan fingerprint density at radius 3 is 1.50 bits per heavy atom. The molecule has 0 heterocycles. The Kier molecular flexibility index (Phi) is 6.91. The Labute approximate surface area is 126 Å². The van der Waals surface area contributed by atoms with E-state index in [2.05, 4.69) is 0 Å². The van der Waals surface area contributed by atoms with Crippen LogP contribution in [0.5, 0.6) is 0 Å². The van der Waals surface area contributed by atoms with E-state index in [0.717, 1.165) is 0 Å². The zero-order valence-corrected chi connectivity index (χ0v) is 13.4. The van der Waals surface area contributed by atoms with Crippen molar-refractivity contribution in [3.05, 3.63) is 34.6 Å². The molecule has 0 spiro atoms. The minimum Gasteiger partial charge on any atom is -0.377 e. The van der Waals surface area contributed by atoms with Crippen molar-refractivity contribution >= 4 is 8.80 Å². The normalized spacial score (nSPS) is 12.0. The fourth-order valence-electron chi connectivity index (χ4n) is 2.07. The van der Waals surface area contributed by atoms with Gasteiger partial charge in [0.15, 0.2) is 23.3 Å². The van der Waals surface area contributed by atoms with Gasteiger partial charge in [-0.05, 0) is 19.3 Å². The summed E-state index contributed by atoms with van der Waals surface area (Å²) in [6.07, 6.45) is 0.303. The molecule has 1 aromatic carbocycles. The Bertz CT molecular complexity index is 486. The summed E-state index contributed by atoms with van der Waals surface area (Å²) < 4.78 is 81.5. The van der Waals surface area contributed by atoms with Crippen molar-refractivity contribution in [1.82, 2.24) is 0 Å². The Morgan fingerprint density at radius 1 is 0.682 bits per heavy atom. The molecule has 0 aliphatic heterocycles. The quantitative estimate of drug-likeness (QED) is 0.237. The summed E-state index contributed by atoms with van der Waals surface area (Å²) in [5.41, 5.74) is -0.809. The highest BCUT2D eigenvalue weighted by molar-refractivity contribution is 6.60. The lowest BCUT2D eigenvalue weighted by molar-refractivity contribution is 0.123. The lowest BCUT2D eigenvalue weighted by Gasteiger charge is -2.24. The standard InChI is InChI=1S/C13H17F5O3Si/c1-19-22(20-2,21-3)7-5-4-6-8-9(14)11(16)13(18)12(17)10(8)15/h4-7H2,1-3H3. The first-order chi connectivity index (χ1) is 10.3. The zero-order chi connectivity index (χ0) is 16.9. The van der Waals surface area contributed by atoms with E-state index in [-0.39, 0.29) is 12.8 Å². The second-order valence-corrected chi connectivity index (χ2v) is 7.64. The molecule has 0 saturated carbocycles. The molecule has 0 saturated heterocycles. The molecule has 0 aromatic heterocycles. The zero-order valence-electron chi connectivity index (χ0n) is 12.4. The van der Waals surface area contributed by atoms with Crippen LogP contribution in [-0.2, 0) is 19.7 Å². The highest BCUT2D eigenvalue weighted by atomic mass is 28.4. The van der Waals surface area contributed by atoms with Gasteiger partial charge in [0, 0.05) is 32.9 Å². The Hall–Kier alpha value is -1.03. The predicted molar refractivity (Wildman–Crippen MR) is 70.8 cm³/mol. The van der Waals surface area contributed by atoms with E-state index in [1.165, 1.54) is 21.3 Å². The van der Waals surface area contributed by atoms with Gasteiger partial charge in [-0.25, -0.2) is 22.0 Å². The number of unbranched alkanes of at least 4 members (excludes halogenated alkanes) is 1. The molecule has 0 radical (unpaired) electrons. The summed E-state index contributed by atoms with van der Waals surface area (Å²) in [6.45, 7) is 0. The molecule has 1 rings (SSSR count). The molecular formula is C13H17F5O3Si. The first kappa shape index (κ1) is 19.0. The summed E-state index contributed by atoms with van der Waals surface area (Å²) >= 11 is 0. The maximum absolute atomic E-state index is 13.5. The van der Waals surface area contributed by atoms with E-state index < -0.39 is 43.5 Å². The van der Waals surface area contributed by atoms with Gasteiger partial charge in [0.25, 0.3) is 0 Å². The number of rotatable bonds is 8. The molecule has 1 aromatic rings. The molecule has 3 nitrogen and oxygen atoms in total. The van der Waals surface area contributed by atoms with Gasteiger partial charge in [0.1, 0.15) is 0 Å². The molecular weight excluding hydrogens is 327 g/mol. The lowest BCUT2D eigenvalue weighted by atomic mass is 10.1. The largest absolute Gasteiger partial charge is 0.500 e. The van der Waals surface area contributed by atoms with Crippen molar-refractivity contribution in [3.63, 3.8) is 0 Å². The molecule has 0 atom stereocenters. The highest BCUT2D eigenvalue weighted by Crippen LogP contribution is 2.25. The van der Waals surface area contributed by atoms with Gasteiger partial charge < -0.3 is 13.3 Å². The second kappa shape index (κ2) is 8.00. The van der Waals surface area contributed by atoms with Crippen molar-refractivity contribution in [2.45, 2.75) is 25.3 Å². The van der Waals surface area contributed by atoms with E-state index in [1.807, 2.05) is 0 Å². The number of hydrogen-bond donors (Lipinski definition) is 0. The molecule has 0 N–H and O–H groups in total. The number of hydrogen-bond acceptors (Lipinski definition) is 3. The molecule has 9 heteroatoms. The van der Waals surface area contributed by atoms with Crippen LogP contribution in [0.1, 0.15) is 18.4 Å². The van der Waals surface area contributed by atoms with Crippen LogP contribution in [0.15, 0.2) is 0 Å². The third-order valence-corrected chi connectivity index (χ3v) is 6.23. The number of halogens is 5. The van der Waals surface area contributed by atoms with E-state index in [4.69, 9.17) is 13.3 Å². The van der Waals surface area contributed by atoms with Crippen LogP contribution in [-0.4, -0.2) is 30.1 Å². The summed E-state index contributed by atoms with van der Waals surface area (Å²) in [5.74, 6) is -9.58. The molecule has 0 fully saturated rings. The Balaban J connectivity index is 2.74. The van der Waals surface area contributed by atoms with Crippen molar-refractivity contribution in [1.29, 1.82) is 0 Å². The summed E-state index contributed by atoms with van der Waals surface area (Å²) in [6, 6.07) is 0.367. The van der Waals surface area contributed by atoms with Crippen molar-refractivity contribution in [3.8, 4) is 0 Å². The van der Waals surface area contributed by atoms with Crippen LogP contribution in [0.4, 0.5) is 22.0 Å². The average molecular weight is 344 g/mol. The van der Waals surface area contributed by atoms with E-state index in [1.54, 1.807) is 0 Å². The van der Waals surface area contributed by atoms with Crippen LogP contribution in [0.25, 0.3) is 0 Å². The van der Waals surface area contributed by atoms with Gasteiger partial charge in [-0.15, -0.1) is 0 Å². The molecule has 0 aliphatic carbocycles. The van der Waals surface area contributed by atoms with Gasteiger partial charge in [-0.2, -0.15) is 0 Å². The van der Waals surface area contributed by atoms with Crippen molar-refractivity contribution < 1.29 is 35.2 Å². The highest BCUT2D eigenvalue weighted by Gasteiger charge is 2.36. The fraction of sp³-hybridized carbons (Fsp3) is 0.538. The average Bonchev–Trinajstić information content (AvgIpc) is 2.54. The van der Waals surface area contributed by atoms with Gasteiger partial charge >= 0.3 is 8.80 Å². The number of benzene rings is 1. The van der Waals surface area contributed by atoms with Gasteiger partial charge in [0.2, 0.25) is 5.82 Å². The third-order valence-electron chi connectivity index (χ3n) is 3.39. The minimum atomic E-state index is -2.81. The van der Waals surface area contributed by atoms with Gasteiger partial charge in [0.05, 0.1) is 0 Å². The van der Waals surface area contributed by atoms with Crippen LogP contribution < -0.4 is 0 Å². The maximum atomic E-state index is 13.5. The minimum absolute atomic E-state index is 0.198. The predicted octanol–water partition coefficient (Wildman–Crippen LogP) is 3.58. The fourth-order valence-corrected chi connectivity index (χ4v) is 3.86.